The Bertz CT molecular complexity index is 392. The number of halogens is 4. The Labute approximate surface area is 107 Å². The first-order valence-electron chi connectivity index (χ1n) is 5.54. The number of alkyl halides is 4. The maximum absolute atomic E-state index is 12.9. The van der Waals surface area contributed by atoms with E-state index in [1.54, 1.807) is 12.1 Å². The van der Waals surface area contributed by atoms with Crippen LogP contribution in [0.5, 0.6) is 0 Å². The fraction of sp³-hybridized carbons (Fsp3) is 0.500. The summed E-state index contributed by atoms with van der Waals surface area (Å²) in [6.45, 7) is 1.32. The van der Waals surface area contributed by atoms with Gasteiger partial charge in [0.15, 0.2) is 0 Å². The highest BCUT2D eigenvalue weighted by molar-refractivity contribution is 9.09. The molecule has 94 valence electrons. The molecule has 1 saturated heterocycles. The zero-order chi connectivity index (χ0) is 12.5. The highest BCUT2D eigenvalue weighted by Gasteiger charge is 2.35. The van der Waals surface area contributed by atoms with Gasteiger partial charge in [-0.1, -0.05) is 28.1 Å². The average molecular weight is 308 g/mol. The fourth-order valence-corrected chi connectivity index (χ4v) is 2.81. The van der Waals surface area contributed by atoms with E-state index < -0.39 is 11.7 Å². The molecule has 1 heterocycles. The first-order chi connectivity index (χ1) is 7.98. The van der Waals surface area contributed by atoms with Gasteiger partial charge in [0.05, 0.1) is 5.56 Å². The van der Waals surface area contributed by atoms with Crippen LogP contribution in [0.1, 0.15) is 18.4 Å². The Hall–Kier alpha value is -0.710. The van der Waals surface area contributed by atoms with Gasteiger partial charge in [-0.05, 0) is 25.0 Å². The summed E-state index contributed by atoms with van der Waals surface area (Å²) in [5, 5.41) is 0. The number of nitrogens with zero attached hydrogens (tertiary/aromatic N) is 1. The van der Waals surface area contributed by atoms with E-state index in [1.807, 2.05) is 4.90 Å². The number of anilines is 1. The summed E-state index contributed by atoms with van der Waals surface area (Å²) in [7, 11) is 0. The SMILES string of the molecule is FC(F)(F)c1ccccc1N1CCCC(Br)C1. The lowest BCUT2D eigenvalue weighted by Gasteiger charge is -2.33. The van der Waals surface area contributed by atoms with Crippen molar-refractivity contribution in [2.75, 3.05) is 18.0 Å². The Morgan fingerprint density at radius 3 is 2.59 bits per heavy atom. The average Bonchev–Trinajstić information content (AvgIpc) is 2.28. The van der Waals surface area contributed by atoms with Crippen LogP contribution in [0.2, 0.25) is 0 Å². The van der Waals surface area contributed by atoms with Gasteiger partial charge in [-0.15, -0.1) is 0 Å². The van der Waals surface area contributed by atoms with Crippen LogP contribution in [0.25, 0.3) is 0 Å². The van der Waals surface area contributed by atoms with E-state index in [9.17, 15) is 13.2 Å². The first kappa shape index (κ1) is 12.7. The van der Waals surface area contributed by atoms with Gasteiger partial charge >= 0.3 is 6.18 Å². The molecular formula is C12H13BrF3N. The molecule has 1 aromatic carbocycles. The van der Waals surface area contributed by atoms with Crippen molar-refractivity contribution in [1.29, 1.82) is 0 Å². The van der Waals surface area contributed by atoms with E-state index >= 15 is 0 Å². The topological polar surface area (TPSA) is 3.24 Å². The Kier molecular flexibility index (Phi) is 3.66. The molecule has 0 N–H and O–H groups in total. The third-order valence-electron chi connectivity index (χ3n) is 2.91. The molecule has 1 nitrogen and oxygen atoms in total. The lowest BCUT2D eigenvalue weighted by atomic mass is 10.1. The first-order valence-corrected chi connectivity index (χ1v) is 6.45. The van der Waals surface area contributed by atoms with Gasteiger partial charge in [0, 0.05) is 23.6 Å². The molecule has 1 aliphatic rings. The van der Waals surface area contributed by atoms with Crippen molar-refractivity contribution < 1.29 is 13.2 Å². The molecule has 0 bridgehead atoms. The molecular weight excluding hydrogens is 295 g/mol. The predicted molar refractivity (Wildman–Crippen MR) is 65.6 cm³/mol. The van der Waals surface area contributed by atoms with Crippen molar-refractivity contribution in [3.8, 4) is 0 Å². The van der Waals surface area contributed by atoms with Crippen molar-refractivity contribution in [3.05, 3.63) is 29.8 Å². The van der Waals surface area contributed by atoms with Crippen LogP contribution in [0.4, 0.5) is 18.9 Å². The van der Waals surface area contributed by atoms with Gasteiger partial charge in [0.2, 0.25) is 0 Å². The molecule has 2 rings (SSSR count). The summed E-state index contributed by atoms with van der Waals surface area (Å²) >= 11 is 3.48. The zero-order valence-electron chi connectivity index (χ0n) is 9.17. The molecule has 0 spiro atoms. The quantitative estimate of drug-likeness (QED) is 0.707. The van der Waals surface area contributed by atoms with Crippen LogP contribution >= 0.6 is 15.9 Å². The smallest absolute Gasteiger partial charge is 0.370 e. The predicted octanol–water partition coefficient (Wildman–Crippen LogP) is 4.07. The highest BCUT2D eigenvalue weighted by atomic mass is 79.9. The van der Waals surface area contributed by atoms with Gasteiger partial charge in [-0.25, -0.2) is 0 Å². The minimum Gasteiger partial charge on any atom is -0.370 e. The van der Waals surface area contributed by atoms with Crippen molar-refractivity contribution in [2.45, 2.75) is 23.8 Å². The summed E-state index contributed by atoms with van der Waals surface area (Å²) in [4.78, 5) is 2.09. The molecule has 0 aromatic heterocycles. The number of piperidine rings is 1. The summed E-state index contributed by atoms with van der Waals surface area (Å²) in [6.07, 6.45) is -2.34. The van der Waals surface area contributed by atoms with E-state index in [2.05, 4.69) is 15.9 Å². The summed E-state index contributed by atoms with van der Waals surface area (Å²) < 4.78 is 38.6. The molecule has 0 saturated carbocycles. The molecule has 1 atom stereocenters. The fourth-order valence-electron chi connectivity index (χ4n) is 2.13. The molecule has 1 aliphatic heterocycles. The minimum absolute atomic E-state index is 0.275. The van der Waals surface area contributed by atoms with Gasteiger partial charge in [-0.3, -0.25) is 0 Å². The molecule has 0 aliphatic carbocycles. The second-order valence-electron chi connectivity index (χ2n) is 4.20. The second kappa shape index (κ2) is 4.88. The van der Waals surface area contributed by atoms with Gasteiger partial charge in [0.25, 0.3) is 0 Å². The third-order valence-corrected chi connectivity index (χ3v) is 3.66. The standard InChI is InChI=1S/C12H13BrF3N/c13-9-4-3-7-17(8-9)11-6-2-1-5-10(11)12(14,15)16/h1-2,5-6,9H,3-4,7-8H2. The third kappa shape index (κ3) is 2.94. The van der Waals surface area contributed by atoms with Crippen LogP contribution in [0.15, 0.2) is 24.3 Å². The molecule has 0 amide bonds. The van der Waals surface area contributed by atoms with Crippen molar-refractivity contribution in [1.82, 2.24) is 0 Å². The van der Waals surface area contributed by atoms with Crippen LogP contribution in [0, 0.1) is 0 Å². The Balaban J connectivity index is 2.31. The summed E-state index contributed by atoms with van der Waals surface area (Å²) in [5.41, 5.74) is -0.245. The van der Waals surface area contributed by atoms with Crippen molar-refractivity contribution >= 4 is 21.6 Å². The van der Waals surface area contributed by atoms with E-state index in [1.165, 1.54) is 6.07 Å². The molecule has 1 unspecified atom stereocenters. The maximum Gasteiger partial charge on any atom is 0.418 e. The van der Waals surface area contributed by atoms with Gasteiger partial charge in [-0.2, -0.15) is 13.2 Å². The molecule has 1 fully saturated rings. The van der Waals surface area contributed by atoms with E-state index in [0.717, 1.165) is 18.9 Å². The highest BCUT2D eigenvalue weighted by Crippen LogP contribution is 2.37. The molecule has 17 heavy (non-hydrogen) atoms. The number of para-hydroxylation sites is 1. The number of rotatable bonds is 1. The minimum atomic E-state index is -4.28. The van der Waals surface area contributed by atoms with E-state index in [0.29, 0.717) is 18.8 Å². The van der Waals surface area contributed by atoms with Crippen LogP contribution in [0.3, 0.4) is 0 Å². The lowest BCUT2D eigenvalue weighted by Crippen LogP contribution is -2.36. The normalized spacial score (nSPS) is 21.6. The largest absolute Gasteiger partial charge is 0.418 e. The Morgan fingerprint density at radius 2 is 1.94 bits per heavy atom. The van der Waals surface area contributed by atoms with Crippen LogP contribution in [-0.4, -0.2) is 17.9 Å². The van der Waals surface area contributed by atoms with E-state index in [4.69, 9.17) is 0 Å². The number of hydrogen-bond acceptors (Lipinski definition) is 1. The molecule has 0 radical (unpaired) electrons. The van der Waals surface area contributed by atoms with Crippen LogP contribution < -0.4 is 4.90 Å². The molecule has 5 heteroatoms. The zero-order valence-corrected chi connectivity index (χ0v) is 10.8. The van der Waals surface area contributed by atoms with Crippen molar-refractivity contribution in [2.24, 2.45) is 0 Å². The second-order valence-corrected chi connectivity index (χ2v) is 5.50. The number of hydrogen-bond donors (Lipinski definition) is 0. The summed E-state index contributed by atoms with van der Waals surface area (Å²) in [6, 6.07) is 5.78. The lowest BCUT2D eigenvalue weighted by molar-refractivity contribution is -0.137. The monoisotopic (exact) mass is 307 g/mol. The van der Waals surface area contributed by atoms with Gasteiger partial charge < -0.3 is 4.90 Å². The van der Waals surface area contributed by atoms with Crippen molar-refractivity contribution in [3.63, 3.8) is 0 Å². The maximum atomic E-state index is 12.9. The van der Waals surface area contributed by atoms with Gasteiger partial charge in [0.1, 0.15) is 0 Å². The summed E-state index contributed by atoms with van der Waals surface area (Å²) in [5.74, 6) is 0. The van der Waals surface area contributed by atoms with Crippen LogP contribution in [-0.2, 0) is 6.18 Å². The van der Waals surface area contributed by atoms with E-state index in [-0.39, 0.29) is 4.83 Å². The Morgan fingerprint density at radius 1 is 1.24 bits per heavy atom. The number of benzene rings is 1. The molecule has 1 aromatic rings.